The van der Waals surface area contributed by atoms with E-state index >= 15 is 0 Å². The van der Waals surface area contributed by atoms with Crippen molar-refractivity contribution in [3.63, 3.8) is 0 Å². The summed E-state index contributed by atoms with van der Waals surface area (Å²) < 4.78 is 0. The molecule has 0 unspecified atom stereocenters. The van der Waals surface area contributed by atoms with Gasteiger partial charge in [0.05, 0.1) is 5.69 Å². The molecular formula is C12H19NS2. The number of aryl methyl sites for hydroxylation is 1. The molecule has 1 aliphatic carbocycles. The quantitative estimate of drug-likeness (QED) is 0.780. The first kappa shape index (κ1) is 11.5. The van der Waals surface area contributed by atoms with Crippen LogP contribution in [0.1, 0.15) is 49.7 Å². The summed E-state index contributed by atoms with van der Waals surface area (Å²) in [6.07, 6.45) is 8.26. The van der Waals surface area contributed by atoms with Crippen LogP contribution in [0.15, 0.2) is 5.38 Å². The maximum Gasteiger partial charge on any atom is 0.103 e. The summed E-state index contributed by atoms with van der Waals surface area (Å²) in [5.74, 6) is 1.13. The van der Waals surface area contributed by atoms with Gasteiger partial charge in [-0.25, -0.2) is 4.98 Å². The van der Waals surface area contributed by atoms with Gasteiger partial charge in [0.1, 0.15) is 5.01 Å². The van der Waals surface area contributed by atoms with Crippen LogP contribution in [0, 0.1) is 0 Å². The summed E-state index contributed by atoms with van der Waals surface area (Å²) in [6.45, 7) is 2.17. The van der Waals surface area contributed by atoms with E-state index in [1.54, 1.807) is 0 Å². The highest BCUT2D eigenvalue weighted by molar-refractivity contribution is 7.99. The van der Waals surface area contributed by atoms with Crippen molar-refractivity contribution in [1.29, 1.82) is 0 Å². The Labute approximate surface area is 101 Å². The van der Waals surface area contributed by atoms with Gasteiger partial charge in [0.2, 0.25) is 0 Å². The Balaban J connectivity index is 1.76. The van der Waals surface area contributed by atoms with E-state index in [0.29, 0.717) is 0 Å². The van der Waals surface area contributed by atoms with Crippen molar-refractivity contribution >= 4 is 23.1 Å². The minimum atomic E-state index is 0.910. The highest BCUT2D eigenvalue weighted by Gasteiger charge is 2.14. The van der Waals surface area contributed by atoms with Gasteiger partial charge in [0, 0.05) is 16.4 Å². The lowest BCUT2D eigenvalue weighted by atomic mass is 10.0. The average molecular weight is 241 g/mol. The van der Waals surface area contributed by atoms with Crippen molar-refractivity contribution in [3.05, 3.63) is 16.1 Å². The Morgan fingerprint density at radius 1 is 1.40 bits per heavy atom. The first-order valence-corrected chi connectivity index (χ1v) is 7.86. The summed E-state index contributed by atoms with van der Waals surface area (Å²) in [4.78, 5) is 4.61. The molecule has 2 rings (SSSR count). The minimum absolute atomic E-state index is 0.910. The van der Waals surface area contributed by atoms with Gasteiger partial charge >= 0.3 is 0 Å². The molecular weight excluding hydrogens is 222 g/mol. The zero-order valence-electron chi connectivity index (χ0n) is 9.37. The molecule has 84 valence electrons. The van der Waals surface area contributed by atoms with Gasteiger partial charge in [-0.05, 0) is 19.3 Å². The van der Waals surface area contributed by atoms with Crippen molar-refractivity contribution in [1.82, 2.24) is 4.98 Å². The molecule has 15 heavy (non-hydrogen) atoms. The van der Waals surface area contributed by atoms with Gasteiger partial charge in [0.15, 0.2) is 0 Å². The number of nitrogens with zero attached hydrogens (tertiary/aromatic N) is 1. The van der Waals surface area contributed by atoms with Crippen LogP contribution in [0.5, 0.6) is 0 Å². The van der Waals surface area contributed by atoms with E-state index in [0.717, 1.165) is 17.4 Å². The van der Waals surface area contributed by atoms with Gasteiger partial charge in [0.25, 0.3) is 0 Å². The predicted octanol–water partition coefficient (Wildman–Crippen LogP) is 4.27. The van der Waals surface area contributed by atoms with Crippen LogP contribution in [0.2, 0.25) is 0 Å². The SMILES string of the molecule is CCc1csc(CSC2CCCCC2)n1. The Morgan fingerprint density at radius 3 is 2.87 bits per heavy atom. The topological polar surface area (TPSA) is 12.9 Å². The van der Waals surface area contributed by atoms with Crippen LogP contribution < -0.4 is 0 Å². The zero-order chi connectivity index (χ0) is 10.5. The smallest absolute Gasteiger partial charge is 0.103 e. The number of thiazole rings is 1. The van der Waals surface area contributed by atoms with Crippen molar-refractivity contribution in [2.24, 2.45) is 0 Å². The van der Waals surface area contributed by atoms with Crippen LogP contribution >= 0.6 is 23.1 Å². The van der Waals surface area contributed by atoms with Gasteiger partial charge in [-0.3, -0.25) is 0 Å². The van der Waals surface area contributed by atoms with Crippen molar-refractivity contribution < 1.29 is 0 Å². The van der Waals surface area contributed by atoms with Gasteiger partial charge in [-0.2, -0.15) is 11.8 Å². The fourth-order valence-corrected chi connectivity index (χ4v) is 4.25. The molecule has 1 nitrogen and oxygen atoms in total. The second-order valence-electron chi connectivity index (χ2n) is 4.16. The Kier molecular flexibility index (Phi) is 4.51. The molecule has 0 amide bonds. The molecule has 0 atom stereocenters. The maximum atomic E-state index is 4.61. The third-order valence-electron chi connectivity index (χ3n) is 2.96. The van der Waals surface area contributed by atoms with E-state index in [4.69, 9.17) is 0 Å². The van der Waals surface area contributed by atoms with Crippen LogP contribution in [-0.2, 0) is 12.2 Å². The van der Waals surface area contributed by atoms with Crippen molar-refractivity contribution in [2.45, 2.75) is 56.5 Å². The number of hydrogen-bond donors (Lipinski definition) is 0. The molecule has 0 radical (unpaired) electrons. The summed E-state index contributed by atoms with van der Waals surface area (Å²) in [7, 11) is 0. The van der Waals surface area contributed by atoms with E-state index in [1.807, 2.05) is 11.3 Å². The summed E-state index contributed by atoms with van der Waals surface area (Å²) in [6, 6.07) is 0. The third kappa shape index (κ3) is 3.49. The molecule has 0 bridgehead atoms. The Bertz CT molecular complexity index is 290. The largest absolute Gasteiger partial charge is 0.245 e. The van der Waals surface area contributed by atoms with E-state index in [2.05, 4.69) is 29.0 Å². The molecule has 1 saturated carbocycles. The number of aromatic nitrogens is 1. The number of hydrogen-bond acceptors (Lipinski definition) is 3. The van der Waals surface area contributed by atoms with E-state index in [9.17, 15) is 0 Å². The minimum Gasteiger partial charge on any atom is -0.245 e. The monoisotopic (exact) mass is 241 g/mol. The summed E-state index contributed by atoms with van der Waals surface area (Å²) in [5, 5.41) is 4.44. The van der Waals surface area contributed by atoms with Crippen molar-refractivity contribution in [2.75, 3.05) is 0 Å². The fourth-order valence-electron chi connectivity index (χ4n) is 2.00. The highest BCUT2D eigenvalue weighted by Crippen LogP contribution is 2.31. The molecule has 1 aliphatic rings. The predicted molar refractivity (Wildman–Crippen MR) is 69.7 cm³/mol. The number of thioether (sulfide) groups is 1. The molecule has 1 fully saturated rings. The van der Waals surface area contributed by atoms with Crippen LogP contribution in [0.3, 0.4) is 0 Å². The van der Waals surface area contributed by atoms with Gasteiger partial charge in [-0.1, -0.05) is 26.2 Å². The molecule has 3 heteroatoms. The summed E-state index contributed by atoms with van der Waals surface area (Å²) in [5.41, 5.74) is 1.26. The molecule has 0 N–H and O–H groups in total. The normalized spacial score (nSPS) is 18.2. The summed E-state index contributed by atoms with van der Waals surface area (Å²) >= 11 is 3.95. The number of rotatable bonds is 4. The fraction of sp³-hybridized carbons (Fsp3) is 0.750. The molecule has 1 heterocycles. The zero-order valence-corrected chi connectivity index (χ0v) is 11.0. The molecule has 0 spiro atoms. The first-order chi connectivity index (χ1) is 7.38. The lowest BCUT2D eigenvalue weighted by molar-refractivity contribution is 0.516. The van der Waals surface area contributed by atoms with E-state index in [1.165, 1.54) is 42.8 Å². The van der Waals surface area contributed by atoms with Crippen LogP contribution in [-0.4, -0.2) is 10.2 Å². The molecule has 1 aromatic rings. The lowest BCUT2D eigenvalue weighted by Crippen LogP contribution is -2.08. The van der Waals surface area contributed by atoms with Gasteiger partial charge < -0.3 is 0 Å². The lowest BCUT2D eigenvalue weighted by Gasteiger charge is -2.20. The molecule has 0 aromatic carbocycles. The first-order valence-electron chi connectivity index (χ1n) is 5.93. The van der Waals surface area contributed by atoms with Gasteiger partial charge in [-0.15, -0.1) is 11.3 Å². The van der Waals surface area contributed by atoms with Crippen LogP contribution in [0.4, 0.5) is 0 Å². The third-order valence-corrected chi connectivity index (χ3v) is 5.42. The molecule has 1 aromatic heterocycles. The maximum absolute atomic E-state index is 4.61. The second kappa shape index (κ2) is 5.90. The van der Waals surface area contributed by atoms with Crippen molar-refractivity contribution in [3.8, 4) is 0 Å². The average Bonchev–Trinajstić information content (AvgIpc) is 2.76. The highest BCUT2D eigenvalue weighted by atomic mass is 32.2. The second-order valence-corrected chi connectivity index (χ2v) is 6.39. The molecule has 0 saturated heterocycles. The standard InChI is InChI=1S/C12H19NS2/c1-2-10-8-15-12(13-10)9-14-11-6-4-3-5-7-11/h8,11H,2-7,9H2,1H3. The Hall–Kier alpha value is -0.0200. The van der Waals surface area contributed by atoms with E-state index in [-0.39, 0.29) is 0 Å². The Morgan fingerprint density at radius 2 is 2.20 bits per heavy atom. The molecule has 0 aliphatic heterocycles. The van der Waals surface area contributed by atoms with E-state index < -0.39 is 0 Å². The van der Waals surface area contributed by atoms with Crippen LogP contribution in [0.25, 0.3) is 0 Å².